The van der Waals surface area contributed by atoms with Crippen molar-refractivity contribution in [3.63, 3.8) is 0 Å². The molecule has 2 heterocycles. The van der Waals surface area contributed by atoms with Gasteiger partial charge in [0, 0.05) is 0 Å². The zero-order valence-electron chi connectivity index (χ0n) is 7.85. The van der Waals surface area contributed by atoms with Crippen molar-refractivity contribution in [2.75, 3.05) is 0 Å². The van der Waals surface area contributed by atoms with Gasteiger partial charge in [-0.3, -0.25) is 9.00 Å². The SMILES string of the molecule is CC1(C)[C@H](C(=O)[O-])N2C(=O)C[C@H]2S1=O. The number of fused-ring (bicyclic) bond motifs is 1. The normalized spacial score (nSPS) is 39.1. The van der Waals surface area contributed by atoms with Crippen LogP contribution in [0.1, 0.15) is 20.3 Å². The van der Waals surface area contributed by atoms with Crippen LogP contribution in [0.15, 0.2) is 0 Å². The summed E-state index contributed by atoms with van der Waals surface area (Å²) in [5, 5.41) is 10.4. The van der Waals surface area contributed by atoms with Gasteiger partial charge in [-0.1, -0.05) is 0 Å². The topological polar surface area (TPSA) is 77.5 Å². The molecule has 0 N–H and O–H groups in total. The predicted octanol–water partition coefficient (Wildman–Crippen LogP) is -1.80. The van der Waals surface area contributed by atoms with Crippen molar-refractivity contribution < 1.29 is 18.9 Å². The van der Waals surface area contributed by atoms with Crippen molar-refractivity contribution in [1.82, 2.24) is 4.90 Å². The molecule has 1 amide bonds. The molecule has 2 aliphatic heterocycles. The fourth-order valence-corrected chi connectivity index (χ4v) is 3.95. The summed E-state index contributed by atoms with van der Waals surface area (Å²) in [7, 11) is -1.31. The zero-order chi connectivity index (χ0) is 10.7. The maximum absolute atomic E-state index is 11.8. The van der Waals surface area contributed by atoms with E-state index >= 15 is 0 Å². The molecule has 5 nitrogen and oxygen atoms in total. The van der Waals surface area contributed by atoms with Gasteiger partial charge in [0.1, 0.15) is 5.37 Å². The van der Waals surface area contributed by atoms with Crippen LogP contribution in [0.2, 0.25) is 0 Å². The maximum atomic E-state index is 11.8. The highest BCUT2D eigenvalue weighted by Gasteiger charge is 2.60. The molecular formula is C8H10NO4S-. The van der Waals surface area contributed by atoms with Gasteiger partial charge >= 0.3 is 0 Å². The average molecular weight is 216 g/mol. The molecule has 0 spiro atoms. The molecule has 78 valence electrons. The summed E-state index contributed by atoms with van der Waals surface area (Å²) in [6, 6.07) is -1.05. The first-order valence-corrected chi connectivity index (χ1v) is 5.51. The predicted molar refractivity (Wildman–Crippen MR) is 46.3 cm³/mol. The van der Waals surface area contributed by atoms with Gasteiger partial charge in [-0.15, -0.1) is 0 Å². The highest BCUT2D eigenvalue weighted by atomic mass is 32.2. The number of aliphatic carboxylic acids is 1. The molecule has 2 aliphatic rings. The van der Waals surface area contributed by atoms with E-state index in [1.807, 2.05) is 0 Å². The van der Waals surface area contributed by atoms with Crippen LogP contribution in [0.25, 0.3) is 0 Å². The Morgan fingerprint density at radius 1 is 1.64 bits per heavy atom. The Bertz CT molecular complexity index is 351. The fourth-order valence-electron chi connectivity index (χ4n) is 2.08. The number of carboxylic acids is 1. The minimum Gasteiger partial charge on any atom is -0.548 e. The van der Waals surface area contributed by atoms with E-state index in [2.05, 4.69) is 0 Å². The van der Waals surface area contributed by atoms with Gasteiger partial charge in [-0.25, -0.2) is 0 Å². The van der Waals surface area contributed by atoms with Crippen LogP contribution in [-0.4, -0.2) is 37.1 Å². The molecule has 0 aromatic rings. The maximum Gasteiger partial charge on any atom is 0.227 e. The third-order valence-electron chi connectivity index (χ3n) is 2.87. The number of carboxylic acid groups (broad SMARTS) is 1. The fraction of sp³-hybridized carbons (Fsp3) is 0.750. The number of carbonyl (C=O) groups is 2. The van der Waals surface area contributed by atoms with Gasteiger partial charge in [0.05, 0.1) is 34.0 Å². The number of amides is 1. The quantitative estimate of drug-likeness (QED) is 0.485. The first kappa shape index (κ1) is 9.64. The molecule has 0 bridgehead atoms. The lowest BCUT2D eigenvalue weighted by atomic mass is 9.98. The van der Waals surface area contributed by atoms with Crippen LogP contribution in [-0.2, 0) is 20.4 Å². The van der Waals surface area contributed by atoms with Gasteiger partial charge in [0.25, 0.3) is 0 Å². The van der Waals surface area contributed by atoms with Gasteiger partial charge in [0.2, 0.25) is 5.91 Å². The van der Waals surface area contributed by atoms with Gasteiger partial charge < -0.3 is 14.8 Å². The van der Waals surface area contributed by atoms with E-state index in [0.29, 0.717) is 0 Å². The van der Waals surface area contributed by atoms with Crippen LogP contribution in [0.5, 0.6) is 0 Å². The minimum atomic E-state index is -1.32. The van der Waals surface area contributed by atoms with E-state index in [0.717, 1.165) is 0 Å². The Labute approximate surface area is 83.5 Å². The number of hydrogen-bond acceptors (Lipinski definition) is 4. The van der Waals surface area contributed by atoms with E-state index in [4.69, 9.17) is 0 Å². The lowest BCUT2D eigenvalue weighted by Crippen LogP contribution is -2.60. The Morgan fingerprint density at radius 2 is 2.21 bits per heavy atom. The largest absolute Gasteiger partial charge is 0.548 e. The summed E-state index contributed by atoms with van der Waals surface area (Å²) in [5.41, 5.74) is 0. The molecule has 2 saturated heterocycles. The van der Waals surface area contributed by atoms with Crippen LogP contribution < -0.4 is 5.11 Å². The first-order chi connectivity index (χ1) is 6.37. The molecule has 0 saturated carbocycles. The smallest absolute Gasteiger partial charge is 0.227 e. The Morgan fingerprint density at radius 3 is 2.57 bits per heavy atom. The number of nitrogens with zero attached hydrogens (tertiary/aromatic N) is 1. The van der Waals surface area contributed by atoms with Crippen molar-refractivity contribution in [1.29, 1.82) is 0 Å². The van der Waals surface area contributed by atoms with Gasteiger partial charge in [-0.2, -0.15) is 0 Å². The molecule has 1 unspecified atom stereocenters. The van der Waals surface area contributed by atoms with Gasteiger partial charge in [-0.05, 0) is 13.8 Å². The standard InChI is InChI=1S/C8H11NO4S/c1-8(2)6(7(11)12)9-4(10)3-5(9)14(8)13/h5-6H,3H2,1-2H3,(H,11,12)/p-1/t5-,6+,14?/m1/s1. The molecule has 2 fully saturated rings. The average Bonchev–Trinajstić information content (AvgIpc) is 2.21. The Hall–Kier alpha value is -0.910. The van der Waals surface area contributed by atoms with Crippen molar-refractivity contribution in [2.45, 2.75) is 36.4 Å². The van der Waals surface area contributed by atoms with Gasteiger partial charge in [0.15, 0.2) is 0 Å². The highest BCUT2D eigenvalue weighted by molar-refractivity contribution is 7.87. The molecule has 0 aliphatic carbocycles. The summed E-state index contributed by atoms with van der Waals surface area (Å²) >= 11 is 0. The Balaban J connectivity index is 2.43. The van der Waals surface area contributed by atoms with Crippen molar-refractivity contribution in [3.05, 3.63) is 0 Å². The summed E-state index contributed by atoms with van der Waals surface area (Å²) in [5.74, 6) is -1.57. The molecule has 6 heteroatoms. The number of β-lactam (4-membered cyclic amide) rings is 1. The van der Waals surface area contributed by atoms with Crippen molar-refractivity contribution in [3.8, 4) is 0 Å². The van der Waals surface area contributed by atoms with E-state index < -0.39 is 32.9 Å². The second-order valence-corrected chi connectivity index (χ2v) is 6.27. The van der Waals surface area contributed by atoms with Crippen molar-refractivity contribution in [2.24, 2.45) is 0 Å². The highest BCUT2D eigenvalue weighted by Crippen LogP contribution is 2.42. The van der Waals surface area contributed by atoms with Crippen LogP contribution in [0.3, 0.4) is 0 Å². The van der Waals surface area contributed by atoms with E-state index in [-0.39, 0.29) is 12.3 Å². The third kappa shape index (κ3) is 0.917. The Kier molecular flexibility index (Phi) is 1.76. The molecule has 2 rings (SSSR count). The minimum absolute atomic E-state index is 0.194. The molecule has 0 aromatic carbocycles. The number of carbonyl (C=O) groups excluding carboxylic acids is 2. The summed E-state index contributed by atoms with van der Waals surface area (Å²) < 4.78 is 10.9. The zero-order valence-corrected chi connectivity index (χ0v) is 8.67. The lowest BCUT2D eigenvalue weighted by Gasteiger charge is -2.38. The monoisotopic (exact) mass is 216 g/mol. The van der Waals surface area contributed by atoms with Crippen LogP contribution in [0, 0.1) is 0 Å². The third-order valence-corrected chi connectivity index (χ3v) is 5.02. The number of rotatable bonds is 1. The summed E-state index contributed by atoms with van der Waals surface area (Å²) in [4.78, 5) is 23.2. The number of hydrogen-bond donors (Lipinski definition) is 0. The van der Waals surface area contributed by atoms with Crippen LogP contribution in [0.4, 0.5) is 0 Å². The second-order valence-electron chi connectivity index (χ2n) is 4.08. The summed E-state index contributed by atoms with van der Waals surface area (Å²) in [6.45, 7) is 3.18. The summed E-state index contributed by atoms with van der Waals surface area (Å²) in [6.07, 6.45) is 0.194. The lowest BCUT2D eigenvalue weighted by molar-refractivity contribution is -0.312. The molecule has 14 heavy (non-hydrogen) atoms. The molecule has 0 aromatic heterocycles. The van der Waals surface area contributed by atoms with Crippen molar-refractivity contribution >= 4 is 22.7 Å². The molecule has 3 atom stereocenters. The van der Waals surface area contributed by atoms with E-state index in [1.165, 1.54) is 4.90 Å². The van der Waals surface area contributed by atoms with E-state index in [9.17, 15) is 18.9 Å². The van der Waals surface area contributed by atoms with E-state index in [1.54, 1.807) is 13.8 Å². The molecular weight excluding hydrogens is 206 g/mol. The second kappa shape index (κ2) is 2.56. The first-order valence-electron chi connectivity index (χ1n) is 4.30. The molecule has 0 radical (unpaired) electrons. The van der Waals surface area contributed by atoms with Crippen LogP contribution >= 0.6 is 0 Å².